The Kier molecular flexibility index (Phi) is 6.32. The summed E-state index contributed by atoms with van der Waals surface area (Å²) in [4.78, 5) is 12.0. The van der Waals surface area contributed by atoms with Gasteiger partial charge in [0, 0.05) is 18.7 Å². The Morgan fingerprint density at radius 1 is 1.08 bits per heavy atom. The first-order valence-electron chi connectivity index (χ1n) is 7.51. The van der Waals surface area contributed by atoms with Crippen LogP contribution in [0.3, 0.4) is 0 Å². The van der Waals surface area contributed by atoms with Crippen molar-refractivity contribution in [3.63, 3.8) is 0 Å². The smallest absolute Gasteiger partial charge is 0.239 e. The molecule has 0 heterocycles. The summed E-state index contributed by atoms with van der Waals surface area (Å²) in [6, 6.07) is 11.4. The quantitative estimate of drug-likeness (QED) is 0.805. The molecule has 0 aliphatic carbocycles. The van der Waals surface area contributed by atoms with Crippen LogP contribution in [-0.4, -0.2) is 26.7 Å². The molecular formula is C18H21ClN2O3. The van der Waals surface area contributed by atoms with E-state index >= 15 is 0 Å². The van der Waals surface area contributed by atoms with Gasteiger partial charge in [-0.2, -0.15) is 0 Å². The van der Waals surface area contributed by atoms with Gasteiger partial charge in [-0.3, -0.25) is 4.79 Å². The summed E-state index contributed by atoms with van der Waals surface area (Å²) in [5, 5.41) is 6.35. The molecule has 2 aromatic carbocycles. The summed E-state index contributed by atoms with van der Waals surface area (Å²) in [5.41, 5.74) is 2.89. The molecule has 128 valence electrons. The lowest BCUT2D eigenvalue weighted by molar-refractivity contribution is -0.119. The third kappa shape index (κ3) is 4.80. The molecule has 0 radical (unpaired) electrons. The Hall–Kier alpha value is -2.40. The topological polar surface area (TPSA) is 59.6 Å². The zero-order valence-corrected chi connectivity index (χ0v) is 14.7. The molecule has 0 saturated heterocycles. The molecule has 0 saturated carbocycles. The maximum atomic E-state index is 12.0. The second-order valence-corrected chi connectivity index (χ2v) is 5.71. The zero-order valence-electron chi connectivity index (χ0n) is 14.0. The molecule has 2 aromatic rings. The number of amides is 1. The van der Waals surface area contributed by atoms with E-state index in [2.05, 4.69) is 10.6 Å². The Balaban J connectivity index is 1.92. The monoisotopic (exact) mass is 348 g/mol. The molecule has 0 unspecified atom stereocenters. The first-order valence-corrected chi connectivity index (χ1v) is 7.89. The molecule has 2 N–H and O–H groups in total. The van der Waals surface area contributed by atoms with Crippen molar-refractivity contribution in [2.45, 2.75) is 13.5 Å². The van der Waals surface area contributed by atoms with Crippen LogP contribution in [0.2, 0.25) is 5.02 Å². The molecular weight excluding hydrogens is 328 g/mol. The summed E-state index contributed by atoms with van der Waals surface area (Å²) in [7, 11) is 3.08. The minimum atomic E-state index is -0.119. The minimum Gasteiger partial charge on any atom is -0.495 e. The predicted molar refractivity (Wildman–Crippen MR) is 96.1 cm³/mol. The van der Waals surface area contributed by atoms with Gasteiger partial charge in [0.1, 0.15) is 11.5 Å². The van der Waals surface area contributed by atoms with E-state index in [1.165, 1.54) is 12.7 Å². The van der Waals surface area contributed by atoms with Crippen LogP contribution in [0, 0.1) is 6.92 Å². The van der Waals surface area contributed by atoms with E-state index in [9.17, 15) is 4.79 Å². The van der Waals surface area contributed by atoms with Gasteiger partial charge < -0.3 is 20.1 Å². The Morgan fingerprint density at radius 3 is 2.38 bits per heavy atom. The van der Waals surface area contributed by atoms with Crippen molar-refractivity contribution >= 4 is 23.2 Å². The fourth-order valence-electron chi connectivity index (χ4n) is 2.14. The number of carbonyl (C=O) groups is 1. The number of benzene rings is 2. The van der Waals surface area contributed by atoms with Gasteiger partial charge in [0.2, 0.25) is 5.91 Å². The third-order valence-electron chi connectivity index (χ3n) is 3.52. The van der Waals surface area contributed by atoms with E-state index in [-0.39, 0.29) is 12.5 Å². The van der Waals surface area contributed by atoms with Gasteiger partial charge >= 0.3 is 0 Å². The fraction of sp³-hybridized carbons (Fsp3) is 0.278. The molecule has 2 rings (SSSR count). The molecule has 0 aliphatic rings. The molecule has 5 nitrogen and oxygen atoms in total. The van der Waals surface area contributed by atoms with Crippen LogP contribution in [-0.2, 0) is 11.3 Å². The molecule has 0 aliphatic heterocycles. The number of carbonyl (C=O) groups excluding carboxylic acids is 1. The Bertz CT molecular complexity index is 702. The standard InChI is InChI=1S/C18H21ClN2O3/c1-12-4-6-13(7-5-12)10-21-18(22)11-20-15-9-16(23-2)14(19)8-17(15)24-3/h4-9,20H,10-11H2,1-3H3,(H,21,22). The lowest BCUT2D eigenvalue weighted by Gasteiger charge is -2.14. The Morgan fingerprint density at radius 2 is 1.75 bits per heavy atom. The van der Waals surface area contributed by atoms with E-state index in [0.29, 0.717) is 28.8 Å². The molecule has 0 fully saturated rings. The van der Waals surface area contributed by atoms with Crippen LogP contribution >= 0.6 is 11.6 Å². The molecule has 0 spiro atoms. The number of methoxy groups -OCH3 is 2. The number of halogens is 1. The number of anilines is 1. The zero-order chi connectivity index (χ0) is 17.5. The maximum absolute atomic E-state index is 12.0. The van der Waals surface area contributed by atoms with E-state index < -0.39 is 0 Å². The second kappa shape index (κ2) is 8.45. The van der Waals surface area contributed by atoms with Crippen LogP contribution in [0.15, 0.2) is 36.4 Å². The van der Waals surface area contributed by atoms with Crippen LogP contribution in [0.1, 0.15) is 11.1 Å². The van der Waals surface area contributed by atoms with E-state index in [1.807, 2.05) is 31.2 Å². The highest BCUT2D eigenvalue weighted by atomic mass is 35.5. The van der Waals surface area contributed by atoms with Crippen molar-refractivity contribution in [2.75, 3.05) is 26.1 Å². The van der Waals surface area contributed by atoms with E-state index in [0.717, 1.165) is 5.56 Å². The molecule has 0 atom stereocenters. The lowest BCUT2D eigenvalue weighted by Crippen LogP contribution is -2.29. The van der Waals surface area contributed by atoms with Crippen molar-refractivity contribution in [1.82, 2.24) is 5.32 Å². The number of hydrogen-bond donors (Lipinski definition) is 2. The van der Waals surface area contributed by atoms with Crippen LogP contribution in [0.5, 0.6) is 11.5 Å². The summed E-state index contributed by atoms with van der Waals surface area (Å²) in [6.45, 7) is 2.63. The van der Waals surface area contributed by atoms with Crippen molar-refractivity contribution in [3.8, 4) is 11.5 Å². The first kappa shape index (κ1) is 17.9. The number of rotatable bonds is 7. The van der Waals surface area contributed by atoms with Crippen molar-refractivity contribution < 1.29 is 14.3 Å². The number of nitrogens with one attached hydrogen (secondary N) is 2. The minimum absolute atomic E-state index is 0.118. The first-order chi connectivity index (χ1) is 11.5. The van der Waals surface area contributed by atoms with Crippen LogP contribution < -0.4 is 20.1 Å². The van der Waals surface area contributed by atoms with Gasteiger partial charge in [-0.15, -0.1) is 0 Å². The van der Waals surface area contributed by atoms with E-state index in [1.54, 1.807) is 19.2 Å². The Labute approximate surface area is 146 Å². The van der Waals surface area contributed by atoms with Gasteiger partial charge in [-0.25, -0.2) is 0 Å². The SMILES string of the molecule is COc1cc(NCC(=O)NCc2ccc(C)cc2)c(OC)cc1Cl. The summed E-state index contributed by atoms with van der Waals surface area (Å²) >= 11 is 6.06. The predicted octanol–water partition coefficient (Wildman–Crippen LogP) is 3.39. The highest BCUT2D eigenvalue weighted by Crippen LogP contribution is 2.35. The van der Waals surface area contributed by atoms with Crippen molar-refractivity contribution in [3.05, 3.63) is 52.5 Å². The highest BCUT2D eigenvalue weighted by molar-refractivity contribution is 6.32. The van der Waals surface area contributed by atoms with Gasteiger partial charge in [0.15, 0.2) is 0 Å². The lowest BCUT2D eigenvalue weighted by atomic mass is 10.1. The molecule has 0 bridgehead atoms. The van der Waals surface area contributed by atoms with E-state index in [4.69, 9.17) is 21.1 Å². The summed E-state index contributed by atoms with van der Waals surface area (Å²) < 4.78 is 10.4. The molecule has 24 heavy (non-hydrogen) atoms. The average molecular weight is 349 g/mol. The van der Waals surface area contributed by atoms with Gasteiger partial charge in [-0.05, 0) is 12.5 Å². The second-order valence-electron chi connectivity index (χ2n) is 5.30. The summed E-state index contributed by atoms with van der Waals surface area (Å²) in [5.74, 6) is 0.943. The third-order valence-corrected chi connectivity index (χ3v) is 3.82. The van der Waals surface area contributed by atoms with Crippen molar-refractivity contribution in [1.29, 1.82) is 0 Å². The number of hydrogen-bond acceptors (Lipinski definition) is 4. The molecule has 6 heteroatoms. The molecule has 0 aromatic heterocycles. The normalized spacial score (nSPS) is 10.2. The highest BCUT2D eigenvalue weighted by Gasteiger charge is 2.11. The van der Waals surface area contributed by atoms with Gasteiger partial charge in [0.25, 0.3) is 0 Å². The van der Waals surface area contributed by atoms with Gasteiger partial charge in [0.05, 0.1) is 31.5 Å². The molecule has 1 amide bonds. The average Bonchev–Trinajstić information content (AvgIpc) is 2.59. The number of aryl methyl sites for hydroxylation is 1. The number of ether oxygens (including phenoxy) is 2. The largest absolute Gasteiger partial charge is 0.495 e. The maximum Gasteiger partial charge on any atom is 0.239 e. The van der Waals surface area contributed by atoms with Crippen LogP contribution in [0.25, 0.3) is 0 Å². The van der Waals surface area contributed by atoms with Crippen LogP contribution in [0.4, 0.5) is 5.69 Å². The van der Waals surface area contributed by atoms with Crippen molar-refractivity contribution in [2.24, 2.45) is 0 Å². The summed E-state index contributed by atoms with van der Waals surface area (Å²) in [6.07, 6.45) is 0. The van der Waals surface area contributed by atoms with Gasteiger partial charge in [-0.1, -0.05) is 41.4 Å². The fourth-order valence-corrected chi connectivity index (χ4v) is 2.37.